The molecule has 0 spiro atoms. The van der Waals surface area contributed by atoms with Gasteiger partial charge in [-0.15, -0.1) is 0 Å². The lowest BCUT2D eigenvalue weighted by Crippen LogP contribution is -2.41. The second-order valence-electron chi connectivity index (χ2n) is 5.58. The van der Waals surface area contributed by atoms with Crippen LogP contribution in [0.15, 0.2) is 0 Å². The molecule has 0 aromatic rings. The molecule has 0 aromatic heterocycles. The zero-order chi connectivity index (χ0) is 13.3. The Morgan fingerprint density at radius 3 is 2.24 bits per heavy atom. The van der Waals surface area contributed by atoms with E-state index in [1.54, 1.807) is 0 Å². The Balaban J connectivity index is 3.62. The summed E-state index contributed by atoms with van der Waals surface area (Å²) in [7, 11) is 6.50. The highest BCUT2D eigenvalue weighted by atomic mass is 15.1. The predicted octanol–water partition coefficient (Wildman–Crippen LogP) is 2.04. The van der Waals surface area contributed by atoms with Gasteiger partial charge in [-0.25, -0.2) is 0 Å². The fourth-order valence-electron chi connectivity index (χ4n) is 1.92. The zero-order valence-electron chi connectivity index (χ0n) is 12.8. The molecule has 0 amide bonds. The maximum atomic E-state index is 3.61. The van der Waals surface area contributed by atoms with Gasteiger partial charge in [-0.2, -0.15) is 0 Å². The Morgan fingerprint density at radius 1 is 1.06 bits per heavy atom. The number of hydrogen-bond donors (Lipinski definition) is 1. The number of nitrogens with one attached hydrogen (secondary N) is 1. The van der Waals surface area contributed by atoms with Gasteiger partial charge in [-0.3, -0.25) is 0 Å². The molecule has 2 unspecified atom stereocenters. The Bertz CT molecular complexity index is 171. The normalized spacial score (nSPS) is 15.5. The van der Waals surface area contributed by atoms with Crippen molar-refractivity contribution in [3.8, 4) is 0 Å². The van der Waals surface area contributed by atoms with Crippen molar-refractivity contribution >= 4 is 0 Å². The van der Waals surface area contributed by atoms with E-state index in [2.05, 4.69) is 57.0 Å². The third-order valence-electron chi connectivity index (χ3n) is 3.35. The van der Waals surface area contributed by atoms with E-state index >= 15 is 0 Å². The van der Waals surface area contributed by atoms with E-state index in [1.165, 1.54) is 32.4 Å². The van der Waals surface area contributed by atoms with Gasteiger partial charge in [-0.05, 0) is 60.9 Å². The smallest absolute Gasteiger partial charge is 0.0189 e. The highest BCUT2D eigenvalue weighted by Gasteiger charge is 2.09. The molecule has 0 bridgehead atoms. The molecule has 0 saturated carbocycles. The molecular formula is C14H33N3. The van der Waals surface area contributed by atoms with Crippen molar-refractivity contribution in [3.63, 3.8) is 0 Å². The highest BCUT2D eigenvalue weighted by molar-refractivity contribution is 4.69. The fraction of sp³-hybridized carbons (Fsp3) is 1.00. The minimum atomic E-state index is 0.622. The van der Waals surface area contributed by atoms with Crippen LogP contribution < -0.4 is 5.32 Å². The molecule has 3 nitrogen and oxygen atoms in total. The van der Waals surface area contributed by atoms with Crippen LogP contribution in [0.5, 0.6) is 0 Å². The SMILES string of the molecule is CCCC(C)NCC(C)N(C)CCCN(C)C. The Hall–Kier alpha value is -0.120. The van der Waals surface area contributed by atoms with Crippen molar-refractivity contribution in [2.45, 2.75) is 52.1 Å². The number of nitrogens with zero attached hydrogens (tertiary/aromatic N) is 2. The molecule has 0 fully saturated rings. The first-order valence-corrected chi connectivity index (χ1v) is 7.05. The van der Waals surface area contributed by atoms with E-state index in [-0.39, 0.29) is 0 Å². The summed E-state index contributed by atoms with van der Waals surface area (Å²) in [6.07, 6.45) is 3.79. The molecule has 0 aliphatic heterocycles. The van der Waals surface area contributed by atoms with Crippen LogP contribution in [0, 0.1) is 0 Å². The number of likely N-dealkylation sites (N-methyl/N-ethyl adjacent to an activating group) is 1. The molecule has 17 heavy (non-hydrogen) atoms. The van der Waals surface area contributed by atoms with Crippen molar-refractivity contribution < 1.29 is 0 Å². The van der Waals surface area contributed by atoms with Gasteiger partial charge < -0.3 is 15.1 Å². The van der Waals surface area contributed by atoms with E-state index in [0.29, 0.717) is 12.1 Å². The Morgan fingerprint density at radius 2 is 1.71 bits per heavy atom. The molecule has 0 aliphatic rings. The molecule has 104 valence electrons. The highest BCUT2D eigenvalue weighted by Crippen LogP contribution is 1.99. The first-order valence-electron chi connectivity index (χ1n) is 7.05. The van der Waals surface area contributed by atoms with E-state index in [4.69, 9.17) is 0 Å². The van der Waals surface area contributed by atoms with Crippen LogP contribution in [0.1, 0.15) is 40.0 Å². The lowest BCUT2D eigenvalue weighted by atomic mass is 10.2. The molecule has 0 aromatic carbocycles. The van der Waals surface area contributed by atoms with Crippen LogP contribution >= 0.6 is 0 Å². The van der Waals surface area contributed by atoms with Gasteiger partial charge in [0.2, 0.25) is 0 Å². The standard InChI is InChI=1S/C14H33N3/c1-7-9-13(2)15-12-14(3)17(6)11-8-10-16(4)5/h13-15H,7-12H2,1-6H3. The van der Waals surface area contributed by atoms with Gasteiger partial charge in [0.25, 0.3) is 0 Å². The summed E-state index contributed by atoms with van der Waals surface area (Å²) in [5, 5.41) is 3.61. The predicted molar refractivity (Wildman–Crippen MR) is 77.6 cm³/mol. The van der Waals surface area contributed by atoms with Gasteiger partial charge >= 0.3 is 0 Å². The molecular weight excluding hydrogens is 210 g/mol. The lowest BCUT2D eigenvalue weighted by Gasteiger charge is -2.27. The van der Waals surface area contributed by atoms with Gasteiger partial charge in [0.1, 0.15) is 0 Å². The largest absolute Gasteiger partial charge is 0.313 e. The van der Waals surface area contributed by atoms with Crippen molar-refractivity contribution in [3.05, 3.63) is 0 Å². The topological polar surface area (TPSA) is 18.5 Å². The van der Waals surface area contributed by atoms with E-state index in [0.717, 1.165) is 6.54 Å². The average molecular weight is 243 g/mol. The molecule has 3 heteroatoms. The van der Waals surface area contributed by atoms with Crippen molar-refractivity contribution in [2.75, 3.05) is 40.8 Å². The second kappa shape index (κ2) is 9.86. The van der Waals surface area contributed by atoms with Crippen LogP contribution in [0.2, 0.25) is 0 Å². The lowest BCUT2D eigenvalue weighted by molar-refractivity contribution is 0.231. The van der Waals surface area contributed by atoms with Crippen LogP contribution in [-0.4, -0.2) is 62.7 Å². The van der Waals surface area contributed by atoms with Crippen molar-refractivity contribution in [2.24, 2.45) is 0 Å². The summed E-state index contributed by atoms with van der Waals surface area (Å²) in [6, 6.07) is 1.27. The summed E-state index contributed by atoms with van der Waals surface area (Å²) < 4.78 is 0. The van der Waals surface area contributed by atoms with Gasteiger partial charge in [0.15, 0.2) is 0 Å². The van der Waals surface area contributed by atoms with Crippen LogP contribution in [-0.2, 0) is 0 Å². The quantitative estimate of drug-likeness (QED) is 0.633. The Labute approximate surface area is 109 Å². The Kier molecular flexibility index (Phi) is 9.79. The first kappa shape index (κ1) is 16.9. The summed E-state index contributed by atoms with van der Waals surface area (Å²) in [5.41, 5.74) is 0. The average Bonchev–Trinajstić information content (AvgIpc) is 2.25. The minimum Gasteiger partial charge on any atom is -0.313 e. The summed E-state index contributed by atoms with van der Waals surface area (Å²) >= 11 is 0. The maximum Gasteiger partial charge on any atom is 0.0189 e. The molecule has 0 rings (SSSR count). The second-order valence-corrected chi connectivity index (χ2v) is 5.58. The third kappa shape index (κ3) is 9.57. The van der Waals surface area contributed by atoms with Crippen molar-refractivity contribution in [1.82, 2.24) is 15.1 Å². The van der Waals surface area contributed by atoms with Gasteiger partial charge in [-0.1, -0.05) is 13.3 Å². The van der Waals surface area contributed by atoms with Crippen LogP contribution in [0.25, 0.3) is 0 Å². The summed E-state index contributed by atoms with van der Waals surface area (Å²) in [4.78, 5) is 4.70. The zero-order valence-corrected chi connectivity index (χ0v) is 12.8. The van der Waals surface area contributed by atoms with Gasteiger partial charge in [0.05, 0.1) is 0 Å². The molecule has 0 saturated heterocycles. The molecule has 0 heterocycles. The van der Waals surface area contributed by atoms with Crippen LogP contribution in [0.4, 0.5) is 0 Å². The number of hydrogen-bond acceptors (Lipinski definition) is 3. The van der Waals surface area contributed by atoms with E-state index in [9.17, 15) is 0 Å². The molecule has 1 N–H and O–H groups in total. The van der Waals surface area contributed by atoms with E-state index < -0.39 is 0 Å². The first-order chi connectivity index (χ1) is 7.97. The van der Waals surface area contributed by atoms with Crippen molar-refractivity contribution in [1.29, 1.82) is 0 Å². The summed E-state index contributed by atoms with van der Waals surface area (Å²) in [6.45, 7) is 10.3. The maximum absolute atomic E-state index is 3.61. The minimum absolute atomic E-state index is 0.622. The van der Waals surface area contributed by atoms with E-state index in [1.807, 2.05) is 0 Å². The van der Waals surface area contributed by atoms with Crippen LogP contribution in [0.3, 0.4) is 0 Å². The fourth-order valence-corrected chi connectivity index (χ4v) is 1.92. The summed E-state index contributed by atoms with van der Waals surface area (Å²) in [5.74, 6) is 0. The van der Waals surface area contributed by atoms with Gasteiger partial charge in [0, 0.05) is 18.6 Å². The molecule has 2 atom stereocenters. The monoisotopic (exact) mass is 243 g/mol. The molecule has 0 aliphatic carbocycles. The molecule has 0 radical (unpaired) electrons. The number of rotatable bonds is 10. The third-order valence-corrected chi connectivity index (χ3v) is 3.35.